The van der Waals surface area contributed by atoms with E-state index in [0.717, 1.165) is 17.7 Å². The van der Waals surface area contributed by atoms with Gasteiger partial charge in [0.05, 0.1) is 20.1 Å². The van der Waals surface area contributed by atoms with Crippen LogP contribution in [0.15, 0.2) is 24.3 Å². The fraction of sp³-hybridized carbons (Fsp3) is 0.562. The normalized spacial score (nSPS) is 12.0. The predicted octanol–water partition coefficient (Wildman–Crippen LogP) is 1.53. The first-order valence-electron chi connectivity index (χ1n) is 7.32. The molecule has 5 nitrogen and oxygen atoms in total. The van der Waals surface area contributed by atoms with Gasteiger partial charge >= 0.3 is 5.97 Å². The Hall–Kier alpha value is -1.59. The Labute approximate surface area is 126 Å². The van der Waals surface area contributed by atoms with Crippen molar-refractivity contribution in [1.29, 1.82) is 0 Å². The zero-order valence-corrected chi connectivity index (χ0v) is 12.8. The molecule has 118 valence electrons. The molecule has 0 bridgehead atoms. The van der Waals surface area contributed by atoms with Crippen LogP contribution in [0.1, 0.15) is 25.3 Å². The summed E-state index contributed by atoms with van der Waals surface area (Å²) in [5, 5.41) is 12.1. The Morgan fingerprint density at radius 1 is 1.33 bits per heavy atom. The minimum absolute atomic E-state index is 0.00180. The Kier molecular flexibility index (Phi) is 8.47. The van der Waals surface area contributed by atoms with Crippen LogP contribution in [0.2, 0.25) is 0 Å². The van der Waals surface area contributed by atoms with Gasteiger partial charge in [-0.3, -0.25) is 4.79 Å². The minimum atomic E-state index is -0.234. The third-order valence-electron chi connectivity index (χ3n) is 3.13. The smallest absolute Gasteiger partial charge is 0.307 e. The molecule has 21 heavy (non-hydrogen) atoms. The first kappa shape index (κ1) is 17.5. The van der Waals surface area contributed by atoms with Gasteiger partial charge in [-0.25, -0.2) is 0 Å². The number of methoxy groups -OCH3 is 1. The molecule has 0 spiro atoms. The van der Waals surface area contributed by atoms with E-state index >= 15 is 0 Å². The van der Waals surface area contributed by atoms with E-state index in [1.165, 1.54) is 7.11 Å². The summed E-state index contributed by atoms with van der Waals surface area (Å²) in [4.78, 5) is 11.5. The van der Waals surface area contributed by atoms with Crippen molar-refractivity contribution in [3.63, 3.8) is 0 Å². The number of ether oxygens (including phenoxy) is 2. The molecule has 0 radical (unpaired) electrons. The molecule has 0 aliphatic rings. The summed E-state index contributed by atoms with van der Waals surface area (Å²) in [5.41, 5.74) is 1.13. The lowest BCUT2D eigenvalue weighted by molar-refractivity contribution is -0.141. The number of hydrogen-bond acceptors (Lipinski definition) is 5. The minimum Gasteiger partial charge on any atom is -0.494 e. The van der Waals surface area contributed by atoms with Gasteiger partial charge in [0, 0.05) is 12.6 Å². The zero-order valence-electron chi connectivity index (χ0n) is 12.8. The molecule has 0 fully saturated rings. The van der Waals surface area contributed by atoms with Crippen LogP contribution in [0, 0.1) is 0 Å². The molecule has 0 aromatic heterocycles. The van der Waals surface area contributed by atoms with Crippen LogP contribution in [0.5, 0.6) is 5.75 Å². The molecule has 1 atom stereocenters. The number of carbonyl (C=O) groups is 1. The Morgan fingerprint density at radius 2 is 2.05 bits per heavy atom. The summed E-state index contributed by atoms with van der Waals surface area (Å²) in [5.74, 6) is 0.612. The van der Waals surface area contributed by atoms with Crippen molar-refractivity contribution in [2.45, 2.75) is 32.2 Å². The van der Waals surface area contributed by atoms with Gasteiger partial charge in [0.1, 0.15) is 5.75 Å². The Morgan fingerprint density at radius 3 is 2.62 bits per heavy atom. The number of hydrogen-bond donors (Lipinski definition) is 2. The van der Waals surface area contributed by atoms with Crippen LogP contribution in [0.3, 0.4) is 0 Å². The molecule has 5 heteroatoms. The average Bonchev–Trinajstić information content (AvgIpc) is 2.49. The van der Waals surface area contributed by atoms with E-state index in [0.29, 0.717) is 26.0 Å². The molecule has 1 aromatic rings. The summed E-state index contributed by atoms with van der Waals surface area (Å²) in [6.45, 7) is 3.41. The highest BCUT2D eigenvalue weighted by atomic mass is 16.5. The zero-order chi connectivity index (χ0) is 15.5. The van der Waals surface area contributed by atoms with Crippen LogP contribution in [0.25, 0.3) is 0 Å². The Balaban J connectivity index is 2.58. The van der Waals surface area contributed by atoms with E-state index in [1.54, 1.807) is 0 Å². The SMILES string of the molecule is CCOc1ccc(CC(CC(=O)OC)NCCCO)cc1. The van der Waals surface area contributed by atoms with Crippen LogP contribution in [-0.4, -0.2) is 44.0 Å². The summed E-state index contributed by atoms with van der Waals surface area (Å²) in [6, 6.07) is 7.87. The second-order valence-corrected chi connectivity index (χ2v) is 4.79. The standard InChI is InChI=1S/C16H25NO4/c1-3-21-15-7-5-13(6-8-15)11-14(12-16(19)20-2)17-9-4-10-18/h5-8,14,17-18H,3-4,9-12H2,1-2H3. The molecule has 0 aliphatic carbocycles. The highest BCUT2D eigenvalue weighted by molar-refractivity contribution is 5.70. The topological polar surface area (TPSA) is 67.8 Å². The number of aliphatic hydroxyl groups is 1. The molecular weight excluding hydrogens is 270 g/mol. The summed E-state index contributed by atoms with van der Waals surface area (Å²) in [7, 11) is 1.39. The number of aliphatic hydroxyl groups excluding tert-OH is 1. The maximum atomic E-state index is 11.5. The van der Waals surface area contributed by atoms with Gasteiger partial charge in [-0.1, -0.05) is 12.1 Å². The van der Waals surface area contributed by atoms with Gasteiger partial charge in [-0.05, 0) is 44.0 Å². The van der Waals surface area contributed by atoms with E-state index in [2.05, 4.69) is 5.32 Å². The second kappa shape index (κ2) is 10.2. The van der Waals surface area contributed by atoms with E-state index < -0.39 is 0 Å². The number of esters is 1. The van der Waals surface area contributed by atoms with Gasteiger partial charge in [-0.15, -0.1) is 0 Å². The molecular formula is C16H25NO4. The molecule has 0 heterocycles. The first-order valence-corrected chi connectivity index (χ1v) is 7.32. The van der Waals surface area contributed by atoms with Gasteiger partial charge in [-0.2, -0.15) is 0 Å². The van der Waals surface area contributed by atoms with Crippen LogP contribution in [-0.2, 0) is 16.0 Å². The number of carbonyl (C=O) groups excluding carboxylic acids is 1. The molecule has 0 saturated heterocycles. The fourth-order valence-electron chi connectivity index (χ4n) is 2.06. The van der Waals surface area contributed by atoms with Crippen molar-refractivity contribution < 1.29 is 19.4 Å². The number of rotatable bonds is 10. The summed E-state index contributed by atoms with van der Waals surface area (Å²) >= 11 is 0. The first-order chi connectivity index (χ1) is 10.2. The monoisotopic (exact) mass is 295 g/mol. The summed E-state index contributed by atoms with van der Waals surface area (Å²) < 4.78 is 10.1. The Bertz CT molecular complexity index is 405. The third kappa shape index (κ3) is 7.11. The quantitative estimate of drug-likeness (QED) is 0.506. The third-order valence-corrected chi connectivity index (χ3v) is 3.13. The van der Waals surface area contributed by atoms with Gasteiger partial charge in [0.2, 0.25) is 0 Å². The molecule has 1 aromatic carbocycles. The maximum absolute atomic E-state index is 11.5. The van der Waals surface area contributed by atoms with Crippen molar-refractivity contribution in [3.8, 4) is 5.75 Å². The highest BCUT2D eigenvalue weighted by Crippen LogP contribution is 2.14. The molecule has 2 N–H and O–H groups in total. The number of nitrogens with one attached hydrogen (secondary N) is 1. The summed E-state index contributed by atoms with van der Waals surface area (Å²) in [6.07, 6.45) is 1.71. The molecule has 0 amide bonds. The lowest BCUT2D eigenvalue weighted by Gasteiger charge is -2.18. The molecule has 1 rings (SSSR count). The highest BCUT2D eigenvalue weighted by Gasteiger charge is 2.14. The van der Waals surface area contributed by atoms with Gasteiger partial charge < -0.3 is 19.9 Å². The van der Waals surface area contributed by atoms with Crippen LogP contribution in [0.4, 0.5) is 0 Å². The van der Waals surface area contributed by atoms with E-state index in [9.17, 15) is 4.79 Å². The van der Waals surface area contributed by atoms with E-state index in [1.807, 2.05) is 31.2 Å². The van der Waals surface area contributed by atoms with Crippen LogP contribution < -0.4 is 10.1 Å². The maximum Gasteiger partial charge on any atom is 0.307 e. The lowest BCUT2D eigenvalue weighted by Crippen LogP contribution is -2.34. The van der Waals surface area contributed by atoms with Crippen molar-refractivity contribution in [2.24, 2.45) is 0 Å². The molecule has 0 aliphatic heterocycles. The number of benzene rings is 1. The lowest BCUT2D eigenvalue weighted by atomic mass is 10.0. The predicted molar refractivity (Wildman–Crippen MR) is 81.4 cm³/mol. The van der Waals surface area contributed by atoms with Crippen LogP contribution >= 0.6 is 0 Å². The van der Waals surface area contributed by atoms with Crippen molar-refractivity contribution in [3.05, 3.63) is 29.8 Å². The largest absolute Gasteiger partial charge is 0.494 e. The van der Waals surface area contributed by atoms with Gasteiger partial charge in [0.15, 0.2) is 0 Å². The fourth-order valence-corrected chi connectivity index (χ4v) is 2.06. The van der Waals surface area contributed by atoms with E-state index in [-0.39, 0.29) is 18.6 Å². The average molecular weight is 295 g/mol. The van der Waals surface area contributed by atoms with Crippen molar-refractivity contribution in [1.82, 2.24) is 5.32 Å². The molecule has 0 saturated carbocycles. The van der Waals surface area contributed by atoms with E-state index in [4.69, 9.17) is 14.6 Å². The van der Waals surface area contributed by atoms with Gasteiger partial charge in [0.25, 0.3) is 0 Å². The van der Waals surface area contributed by atoms with Crippen molar-refractivity contribution in [2.75, 3.05) is 26.9 Å². The van der Waals surface area contributed by atoms with Crippen molar-refractivity contribution >= 4 is 5.97 Å². The molecule has 1 unspecified atom stereocenters. The second-order valence-electron chi connectivity index (χ2n) is 4.79.